The summed E-state index contributed by atoms with van der Waals surface area (Å²) in [6.07, 6.45) is 1.43. The van der Waals surface area contributed by atoms with Crippen molar-refractivity contribution >= 4 is 17.3 Å². The van der Waals surface area contributed by atoms with Gasteiger partial charge >= 0.3 is 5.69 Å². The molecule has 0 saturated heterocycles. The highest BCUT2D eigenvalue weighted by Gasteiger charge is 2.13. The summed E-state index contributed by atoms with van der Waals surface area (Å²) in [6, 6.07) is 11.1. The number of hydrogen-bond acceptors (Lipinski definition) is 4. The van der Waals surface area contributed by atoms with E-state index in [1.165, 1.54) is 42.5 Å². The zero-order valence-electron chi connectivity index (χ0n) is 10.7. The van der Waals surface area contributed by atoms with Gasteiger partial charge < -0.3 is 5.11 Å². The van der Waals surface area contributed by atoms with Crippen LogP contribution in [0, 0.1) is 27.3 Å². The van der Waals surface area contributed by atoms with Crippen LogP contribution in [0.5, 0.6) is 5.75 Å². The van der Waals surface area contributed by atoms with Crippen LogP contribution in [0.3, 0.4) is 0 Å². The number of nitrogens with zero attached hydrogens (tertiary/aromatic N) is 2. The lowest BCUT2D eigenvalue weighted by Crippen LogP contribution is -1.89. The van der Waals surface area contributed by atoms with Crippen molar-refractivity contribution in [2.24, 2.45) is 0 Å². The summed E-state index contributed by atoms with van der Waals surface area (Å²) in [5.41, 5.74) is 0.671. The number of rotatable bonds is 3. The van der Waals surface area contributed by atoms with E-state index >= 15 is 0 Å². The molecule has 0 aromatic heterocycles. The van der Waals surface area contributed by atoms with E-state index in [1.807, 2.05) is 6.07 Å². The lowest BCUT2D eigenvalue weighted by molar-refractivity contribution is -0.385. The molecule has 2 aromatic rings. The maximum absolute atomic E-state index is 12.9. The van der Waals surface area contributed by atoms with Crippen LogP contribution in [0.15, 0.2) is 42.5 Å². The summed E-state index contributed by atoms with van der Waals surface area (Å²) in [5.74, 6) is -0.867. The first-order valence-electron chi connectivity index (χ1n) is 5.86. The summed E-state index contributed by atoms with van der Waals surface area (Å²) < 4.78 is 12.9. The summed E-state index contributed by atoms with van der Waals surface area (Å²) in [7, 11) is 0. The third-order valence-corrected chi connectivity index (χ3v) is 2.78. The second kappa shape index (κ2) is 5.84. The van der Waals surface area contributed by atoms with Crippen LogP contribution >= 0.6 is 0 Å². The van der Waals surface area contributed by atoms with Crippen LogP contribution in [0.25, 0.3) is 11.6 Å². The SMILES string of the molecule is N#C/C(=C\c1ccc(O)c([N+](=O)[O-])c1)c1ccc(F)cc1. The molecule has 104 valence electrons. The number of nitriles is 1. The van der Waals surface area contributed by atoms with E-state index < -0.39 is 22.2 Å². The van der Waals surface area contributed by atoms with Gasteiger partial charge in [-0.3, -0.25) is 10.1 Å². The number of hydrogen-bond donors (Lipinski definition) is 1. The highest BCUT2D eigenvalue weighted by Crippen LogP contribution is 2.28. The number of nitro groups is 1. The van der Waals surface area contributed by atoms with Gasteiger partial charge in [-0.2, -0.15) is 5.26 Å². The fourth-order valence-corrected chi connectivity index (χ4v) is 1.75. The third kappa shape index (κ3) is 3.22. The summed E-state index contributed by atoms with van der Waals surface area (Å²) in [5, 5.41) is 29.3. The Balaban J connectivity index is 2.46. The zero-order valence-corrected chi connectivity index (χ0v) is 10.7. The number of phenols is 1. The van der Waals surface area contributed by atoms with E-state index in [-0.39, 0.29) is 5.57 Å². The van der Waals surface area contributed by atoms with Crippen molar-refractivity contribution in [3.8, 4) is 11.8 Å². The summed E-state index contributed by atoms with van der Waals surface area (Å²) >= 11 is 0. The molecular weight excluding hydrogens is 275 g/mol. The lowest BCUT2D eigenvalue weighted by Gasteiger charge is -2.01. The van der Waals surface area contributed by atoms with Gasteiger partial charge in [0.15, 0.2) is 5.75 Å². The number of allylic oxidation sites excluding steroid dienone is 1. The predicted molar refractivity (Wildman–Crippen MR) is 74.6 cm³/mol. The van der Waals surface area contributed by atoms with E-state index in [1.54, 1.807) is 0 Å². The molecule has 0 unspecified atom stereocenters. The Morgan fingerprint density at radius 2 is 1.95 bits per heavy atom. The largest absolute Gasteiger partial charge is 0.502 e. The summed E-state index contributed by atoms with van der Waals surface area (Å²) in [6.45, 7) is 0. The standard InChI is InChI=1S/C15H9FN2O3/c16-13-4-2-11(3-5-13)12(9-17)7-10-1-6-15(19)14(8-10)18(20)21/h1-8,19H/b12-7+. The van der Waals surface area contributed by atoms with Gasteiger partial charge in [-0.25, -0.2) is 4.39 Å². The number of phenolic OH excluding ortho intramolecular Hbond substituents is 1. The van der Waals surface area contributed by atoms with Gasteiger partial charge in [-0.1, -0.05) is 18.2 Å². The molecule has 0 bridgehead atoms. The molecule has 1 N–H and O–H groups in total. The molecule has 0 atom stereocenters. The van der Waals surface area contributed by atoms with Gasteiger partial charge in [-0.15, -0.1) is 0 Å². The Hall–Kier alpha value is -3.20. The van der Waals surface area contributed by atoms with Gasteiger partial charge in [0.1, 0.15) is 5.82 Å². The first-order chi connectivity index (χ1) is 10.0. The maximum atomic E-state index is 12.9. The van der Waals surface area contributed by atoms with Crippen LogP contribution in [-0.4, -0.2) is 10.0 Å². The Morgan fingerprint density at radius 1 is 1.29 bits per heavy atom. The molecule has 2 rings (SSSR count). The van der Waals surface area contributed by atoms with E-state index in [0.717, 1.165) is 6.07 Å². The normalized spacial score (nSPS) is 11.0. The quantitative estimate of drug-likeness (QED) is 0.404. The predicted octanol–water partition coefficient (Wildman–Crippen LogP) is 3.50. The number of benzene rings is 2. The Morgan fingerprint density at radius 3 is 2.52 bits per heavy atom. The Bertz CT molecular complexity index is 761. The number of halogens is 1. The first-order valence-corrected chi connectivity index (χ1v) is 5.86. The molecule has 21 heavy (non-hydrogen) atoms. The van der Waals surface area contributed by atoms with E-state index in [0.29, 0.717) is 11.1 Å². The van der Waals surface area contributed by atoms with Crippen LogP contribution in [0.1, 0.15) is 11.1 Å². The topological polar surface area (TPSA) is 87.2 Å². The molecule has 0 saturated carbocycles. The summed E-state index contributed by atoms with van der Waals surface area (Å²) in [4.78, 5) is 10.0. The molecule has 0 aliphatic heterocycles. The Labute approximate surface area is 119 Å². The molecular formula is C15H9FN2O3. The minimum atomic E-state index is -0.712. The van der Waals surface area contributed by atoms with E-state index in [9.17, 15) is 19.6 Å². The lowest BCUT2D eigenvalue weighted by atomic mass is 10.0. The monoisotopic (exact) mass is 284 g/mol. The average molecular weight is 284 g/mol. The highest BCUT2D eigenvalue weighted by atomic mass is 19.1. The van der Waals surface area contributed by atoms with Gasteiger partial charge in [0.2, 0.25) is 0 Å². The molecule has 2 aromatic carbocycles. The molecule has 5 nitrogen and oxygen atoms in total. The molecule has 0 aliphatic carbocycles. The number of aromatic hydroxyl groups is 1. The third-order valence-electron chi connectivity index (χ3n) is 2.78. The second-order valence-electron chi connectivity index (χ2n) is 4.18. The van der Waals surface area contributed by atoms with Crippen LogP contribution in [-0.2, 0) is 0 Å². The van der Waals surface area contributed by atoms with Crippen molar-refractivity contribution in [3.63, 3.8) is 0 Å². The fourth-order valence-electron chi connectivity index (χ4n) is 1.75. The van der Waals surface area contributed by atoms with Crippen molar-refractivity contribution in [2.75, 3.05) is 0 Å². The minimum Gasteiger partial charge on any atom is -0.502 e. The van der Waals surface area contributed by atoms with E-state index in [4.69, 9.17) is 5.26 Å². The minimum absolute atomic E-state index is 0.231. The van der Waals surface area contributed by atoms with Crippen molar-refractivity contribution in [1.29, 1.82) is 5.26 Å². The second-order valence-corrected chi connectivity index (χ2v) is 4.18. The molecule has 0 spiro atoms. The molecule has 0 amide bonds. The van der Waals surface area contributed by atoms with Crippen molar-refractivity contribution in [1.82, 2.24) is 0 Å². The van der Waals surface area contributed by atoms with Crippen LogP contribution in [0.2, 0.25) is 0 Å². The van der Waals surface area contributed by atoms with Crippen LogP contribution in [0.4, 0.5) is 10.1 Å². The van der Waals surface area contributed by atoms with Gasteiger partial charge in [0.25, 0.3) is 0 Å². The van der Waals surface area contributed by atoms with Crippen molar-refractivity contribution in [2.45, 2.75) is 0 Å². The first kappa shape index (κ1) is 14.2. The van der Waals surface area contributed by atoms with Gasteiger partial charge in [0, 0.05) is 6.07 Å². The zero-order chi connectivity index (χ0) is 15.4. The van der Waals surface area contributed by atoms with Crippen molar-refractivity contribution < 1.29 is 14.4 Å². The fraction of sp³-hybridized carbons (Fsp3) is 0. The molecule has 0 radical (unpaired) electrons. The van der Waals surface area contributed by atoms with Gasteiger partial charge in [0.05, 0.1) is 16.6 Å². The van der Waals surface area contributed by atoms with Crippen molar-refractivity contribution in [3.05, 3.63) is 69.5 Å². The van der Waals surface area contributed by atoms with E-state index in [2.05, 4.69) is 0 Å². The average Bonchev–Trinajstić information content (AvgIpc) is 2.47. The molecule has 0 aliphatic rings. The maximum Gasteiger partial charge on any atom is 0.311 e. The molecule has 0 fully saturated rings. The smallest absolute Gasteiger partial charge is 0.311 e. The Kier molecular flexibility index (Phi) is 3.95. The number of nitro benzene ring substituents is 1. The van der Waals surface area contributed by atoms with Crippen LogP contribution < -0.4 is 0 Å². The molecule has 6 heteroatoms. The highest BCUT2D eigenvalue weighted by molar-refractivity contribution is 5.89. The molecule has 0 heterocycles. The van der Waals surface area contributed by atoms with Gasteiger partial charge in [-0.05, 0) is 35.4 Å².